The summed E-state index contributed by atoms with van der Waals surface area (Å²) in [7, 11) is 0. The summed E-state index contributed by atoms with van der Waals surface area (Å²) in [5.74, 6) is -0.599. The Kier molecular flexibility index (Phi) is 5.07. The maximum Gasteiger partial charge on any atom is 0.266 e. The van der Waals surface area contributed by atoms with E-state index in [-0.39, 0.29) is 17.2 Å². The molecule has 0 saturated carbocycles. The molecule has 2 amide bonds. The van der Waals surface area contributed by atoms with E-state index in [1.165, 1.54) is 16.0 Å². The van der Waals surface area contributed by atoms with Gasteiger partial charge in [0.1, 0.15) is 0 Å². The summed E-state index contributed by atoms with van der Waals surface area (Å²) in [6.45, 7) is 4.50. The van der Waals surface area contributed by atoms with Crippen molar-refractivity contribution in [2.24, 2.45) is 0 Å². The minimum absolute atomic E-state index is 0.166. The van der Waals surface area contributed by atoms with Crippen LogP contribution in [-0.2, 0) is 5.41 Å². The molecule has 4 heteroatoms. The van der Waals surface area contributed by atoms with E-state index in [0.717, 1.165) is 28.2 Å². The topological polar surface area (TPSA) is 40.6 Å². The van der Waals surface area contributed by atoms with Crippen LogP contribution in [0.25, 0.3) is 11.1 Å². The lowest BCUT2D eigenvalue weighted by atomic mass is 9.73. The number of fused-ring (bicyclic) bond motifs is 3. The van der Waals surface area contributed by atoms with E-state index < -0.39 is 0 Å². The number of anilines is 4. The van der Waals surface area contributed by atoms with Gasteiger partial charge in [-0.3, -0.25) is 9.59 Å². The molecule has 2 aliphatic heterocycles. The molecule has 0 spiro atoms. The predicted octanol–water partition coefficient (Wildman–Crippen LogP) is 8.26. The van der Waals surface area contributed by atoms with Gasteiger partial charge in [0.05, 0.1) is 28.2 Å². The Morgan fingerprint density at radius 1 is 0.487 bits per heavy atom. The van der Waals surface area contributed by atoms with Crippen molar-refractivity contribution < 1.29 is 9.59 Å². The van der Waals surface area contributed by atoms with Crippen LogP contribution in [0.5, 0.6) is 0 Å². The summed E-state index contributed by atoms with van der Waals surface area (Å²) in [6.07, 6.45) is 0. The van der Waals surface area contributed by atoms with Crippen LogP contribution in [0.15, 0.2) is 121 Å². The first kappa shape index (κ1) is 23.2. The van der Waals surface area contributed by atoms with Crippen molar-refractivity contribution >= 4 is 34.6 Å². The number of para-hydroxylation sites is 2. The van der Waals surface area contributed by atoms with Gasteiger partial charge in [-0.05, 0) is 64.7 Å². The van der Waals surface area contributed by atoms with E-state index in [2.05, 4.69) is 55.1 Å². The number of carbonyl (C=O) groups excluding carboxylic acids is 2. The monoisotopic (exact) mass is 506 g/mol. The molecule has 5 aromatic carbocycles. The molecule has 0 N–H and O–H groups in total. The summed E-state index contributed by atoms with van der Waals surface area (Å²) in [4.78, 5) is 30.7. The third-order valence-corrected chi connectivity index (χ3v) is 7.98. The van der Waals surface area contributed by atoms with E-state index in [0.29, 0.717) is 16.8 Å². The summed E-state index contributed by atoms with van der Waals surface area (Å²) in [5, 5.41) is 0. The molecule has 4 nitrogen and oxygen atoms in total. The third-order valence-electron chi connectivity index (χ3n) is 7.98. The maximum atomic E-state index is 13.7. The number of nitrogens with zero attached hydrogens (tertiary/aromatic N) is 2. The molecule has 0 aliphatic carbocycles. The molecule has 0 aromatic heterocycles. The second-order valence-electron chi connectivity index (χ2n) is 10.6. The largest absolute Gasteiger partial charge is 0.310 e. The molecule has 0 saturated heterocycles. The first-order chi connectivity index (χ1) is 18.9. The lowest BCUT2D eigenvalue weighted by Crippen LogP contribution is -2.31. The zero-order valence-electron chi connectivity index (χ0n) is 21.8. The molecule has 188 valence electrons. The van der Waals surface area contributed by atoms with Crippen LogP contribution < -0.4 is 9.80 Å². The van der Waals surface area contributed by atoms with Crippen molar-refractivity contribution in [1.29, 1.82) is 0 Å². The SMILES string of the molecule is CC1(C)c2ccccc2N(c2cccc(N3C(=O)c4ccc(-c5ccccc5)cc4C3=O)c2)c2ccccc21. The minimum Gasteiger partial charge on any atom is -0.310 e. The highest BCUT2D eigenvalue weighted by atomic mass is 16.2. The van der Waals surface area contributed by atoms with E-state index in [4.69, 9.17) is 0 Å². The molecule has 0 unspecified atom stereocenters. The van der Waals surface area contributed by atoms with Gasteiger partial charge in [0.15, 0.2) is 0 Å². The maximum absolute atomic E-state index is 13.7. The predicted molar refractivity (Wildman–Crippen MR) is 156 cm³/mol. The summed E-state index contributed by atoms with van der Waals surface area (Å²) in [6, 6.07) is 40.0. The first-order valence-corrected chi connectivity index (χ1v) is 13.1. The minimum atomic E-state index is -0.300. The Morgan fingerprint density at radius 3 is 1.72 bits per heavy atom. The fourth-order valence-electron chi connectivity index (χ4n) is 6.00. The molecule has 39 heavy (non-hydrogen) atoms. The second kappa shape index (κ2) is 8.53. The van der Waals surface area contributed by atoms with E-state index in [1.54, 1.807) is 6.07 Å². The van der Waals surface area contributed by atoms with Crippen molar-refractivity contribution in [2.45, 2.75) is 19.3 Å². The van der Waals surface area contributed by atoms with Gasteiger partial charge in [0, 0.05) is 11.1 Å². The average molecular weight is 507 g/mol. The van der Waals surface area contributed by atoms with Crippen molar-refractivity contribution in [3.8, 4) is 11.1 Å². The standard InChI is InChI=1S/C35H26N2O2/c1-35(2)29-15-6-8-17-31(29)36(32-18-9-7-16-30(32)35)25-13-10-14-26(22-25)37-33(38)27-20-19-24(21-28(27)34(37)39)23-11-4-3-5-12-23/h3-22H,1-2H3. The van der Waals surface area contributed by atoms with Crippen LogP contribution in [0.3, 0.4) is 0 Å². The third kappa shape index (κ3) is 3.45. The van der Waals surface area contributed by atoms with E-state index in [1.807, 2.05) is 78.9 Å². The Labute approximate surface area is 227 Å². The normalized spacial score (nSPS) is 15.1. The van der Waals surface area contributed by atoms with Crippen LogP contribution in [0, 0.1) is 0 Å². The van der Waals surface area contributed by atoms with Gasteiger partial charge in [-0.15, -0.1) is 0 Å². The molecule has 0 radical (unpaired) electrons. The molecular weight excluding hydrogens is 480 g/mol. The highest BCUT2D eigenvalue weighted by molar-refractivity contribution is 6.34. The number of amides is 2. The van der Waals surface area contributed by atoms with Crippen LogP contribution >= 0.6 is 0 Å². The van der Waals surface area contributed by atoms with Crippen LogP contribution in [-0.4, -0.2) is 11.8 Å². The van der Waals surface area contributed by atoms with Gasteiger partial charge in [-0.25, -0.2) is 4.90 Å². The number of carbonyl (C=O) groups is 2. The molecule has 5 aromatic rings. The quantitative estimate of drug-likeness (QED) is 0.231. The van der Waals surface area contributed by atoms with Crippen molar-refractivity contribution in [2.75, 3.05) is 9.80 Å². The number of hydrogen-bond acceptors (Lipinski definition) is 3. The van der Waals surface area contributed by atoms with Gasteiger partial charge in [0.25, 0.3) is 11.8 Å². The Bertz CT molecular complexity index is 1740. The van der Waals surface area contributed by atoms with Crippen molar-refractivity contribution in [1.82, 2.24) is 0 Å². The Balaban J connectivity index is 1.32. The number of rotatable bonds is 3. The zero-order chi connectivity index (χ0) is 26.7. The van der Waals surface area contributed by atoms with Crippen molar-refractivity contribution in [3.05, 3.63) is 144 Å². The van der Waals surface area contributed by atoms with Crippen LogP contribution in [0.1, 0.15) is 45.7 Å². The van der Waals surface area contributed by atoms with Gasteiger partial charge in [-0.2, -0.15) is 0 Å². The fourth-order valence-corrected chi connectivity index (χ4v) is 6.00. The highest BCUT2D eigenvalue weighted by Crippen LogP contribution is 2.52. The zero-order valence-corrected chi connectivity index (χ0v) is 21.8. The molecule has 7 rings (SSSR count). The Morgan fingerprint density at radius 2 is 1.05 bits per heavy atom. The van der Waals surface area contributed by atoms with Gasteiger partial charge in [-0.1, -0.05) is 92.7 Å². The molecule has 0 bridgehead atoms. The summed E-state index contributed by atoms with van der Waals surface area (Å²) < 4.78 is 0. The average Bonchev–Trinajstić information content (AvgIpc) is 3.23. The fraction of sp³-hybridized carbons (Fsp3) is 0.0857. The summed E-state index contributed by atoms with van der Waals surface area (Å²) in [5.41, 5.74) is 8.70. The van der Waals surface area contributed by atoms with Crippen molar-refractivity contribution in [3.63, 3.8) is 0 Å². The molecule has 2 aliphatic rings. The van der Waals surface area contributed by atoms with E-state index >= 15 is 0 Å². The summed E-state index contributed by atoms with van der Waals surface area (Å²) >= 11 is 0. The first-order valence-electron chi connectivity index (χ1n) is 13.1. The number of imide groups is 1. The molecular formula is C35H26N2O2. The Hall–Kier alpha value is -4.96. The molecule has 0 atom stereocenters. The van der Waals surface area contributed by atoms with Gasteiger partial charge in [0.2, 0.25) is 0 Å². The lowest BCUT2D eigenvalue weighted by molar-refractivity contribution is 0.0926. The highest BCUT2D eigenvalue weighted by Gasteiger charge is 2.39. The molecule has 0 fully saturated rings. The van der Waals surface area contributed by atoms with Gasteiger partial charge < -0.3 is 4.90 Å². The van der Waals surface area contributed by atoms with Gasteiger partial charge >= 0.3 is 0 Å². The van der Waals surface area contributed by atoms with Crippen LogP contribution in [0.4, 0.5) is 22.7 Å². The molecule has 2 heterocycles. The number of hydrogen-bond donors (Lipinski definition) is 0. The van der Waals surface area contributed by atoms with Crippen LogP contribution in [0.2, 0.25) is 0 Å². The number of benzene rings is 5. The smallest absolute Gasteiger partial charge is 0.266 e. The van der Waals surface area contributed by atoms with E-state index in [9.17, 15) is 9.59 Å². The lowest BCUT2D eigenvalue weighted by Gasteiger charge is -2.42. The second-order valence-corrected chi connectivity index (χ2v) is 10.6.